The van der Waals surface area contributed by atoms with E-state index in [0.717, 1.165) is 17.8 Å². The molecular formula is C11H18. The minimum atomic E-state index is 0.609. The molecule has 62 valence electrons. The SMILES string of the molecule is CC1=C[C@@H](C)C2CC1C2(C)C. The Kier molecular flexibility index (Phi) is 1.28. The summed E-state index contributed by atoms with van der Waals surface area (Å²) in [4.78, 5) is 0. The first-order valence-corrected chi connectivity index (χ1v) is 4.72. The summed E-state index contributed by atoms with van der Waals surface area (Å²) in [7, 11) is 0. The molecule has 0 aromatic rings. The lowest BCUT2D eigenvalue weighted by Gasteiger charge is -2.58. The molecule has 0 radical (unpaired) electrons. The fourth-order valence-corrected chi connectivity index (χ4v) is 3.27. The molecule has 1 fully saturated rings. The number of rotatable bonds is 0. The predicted octanol–water partition coefficient (Wildman–Crippen LogP) is 3.24. The molecule has 3 aliphatic rings. The Hall–Kier alpha value is -0.260. The average molecular weight is 150 g/mol. The Balaban J connectivity index is 2.34. The van der Waals surface area contributed by atoms with Gasteiger partial charge >= 0.3 is 0 Å². The van der Waals surface area contributed by atoms with Crippen LogP contribution in [0.25, 0.3) is 0 Å². The topological polar surface area (TPSA) is 0 Å². The summed E-state index contributed by atoms with van der Waals surface area (Å²) < 4.78 is 0. The number of fused-ring (bicyclic) bond motifs is 1. The van der Waals surface area contributed by atoms with E-state index in [1.807, 2.05) is 0 Å². The Labute approximate surface area is 69.7 Å². The van der Waals surface area contributed by atoms with Gasteiger partial charge in [-0.2, -0.15) is 0 Å². The van der Waals surface area contributed by atoms with Crippen LogP contribution in [-0.2, 0) is 0 Å². The van der Waals surface area contributed by atoms with E-state index in [-0.39, 0.29) is 0 Å². The lowest BCUT2D eigenvalue weighted by atomic mass is 9.46. The summed E-state index contributed by atoms with van der Waals surface area (Å²) in [6, 6.07) is 0. The lowest BCUT2D eigenvalue weighted by Crippen LogP contribution is -2.50. The molecule has 3 atom stereocenters. The highest BCUT2D eigenvalue weighted by Gasteiger charge is 2.52. The van der Waals surface area contributed by atoms with Crippen molar-refractivity contribution in [3.05, 3.63) is 11.6 Å². The molecule has 0 heterocycles. The molecule has 0 aromatic carbocycles. The first kappa shape index (κ1) is 7.39. The molecule has 2 unspecified atom stereocenters. The molecule has 0 heteroatoms. The van der Waals surface area contributed by atoms with E-state index in [9.17, 15) is 0 Å². The van der Waals surface area contributed by atoms with Crippen molar-refractivity contribution in [2.45, 2.75) is 34.1 Å². The van der Waals surface area contributed by atoms with Gasteiger partial charge in [-0.3, -0.25) is 0 Å². The quantitative estimate of drug-likeness (QED) is 0.465. The maximum atomic E-state index is 2.48. The summed E-state index contributed by atoms with van der Waals surface area (Å²) in [5, 5.41) is 0. The zero-order chi connectivity index (χ0) is 8.22. The third kappa shape index (κ3) is 0.758. The van der Waals surface area contributed by atoms with Crippen LogP contribution in [0.15, 0.2) is 11.6 Å². The van der Waals surface area contributed by atoms with Crippen molar-refractivity contribution < 1.29 is 0 Å². The van der Waals surface area contributed by atoms with Crippen molar-refractivity contribution in [1.29, 1.82) is 0 Å². The summed E-state index contributed by atoms with van der Waals surface area (Å²) in [5.74, 6) is 2.70. The van der Waals surface area contributed by atoms with Crippen LogP contribution >= 0.6 is 0 Å². The van der Waals surface area contributed by atoms with Crippen molar-refractivity contribution in [3.8, 4) is 0 Å². The Morgan fingerprint density at radius 3 is 2.45 bits per heavy atom. The Bertz CT molecular complexity index is 210. The van der Waals surface area contributed by atoms with Gasteiger partial charge in [0.05, 0.1) is 0 Å². The zero-order valence-electron chi connectivity index (χ0n) is 8.02. The lowest BCUT2D eigenvalue weighted by molar-refractivity contribution is -0.0343. The van der Waals surface area contributed by atoms with Crippen LogP contribution in [0, 0.1) is 23.2 Å². The molecule has 0 amide bonds. The van der Waals surface area contributed by atoms with Gasteiger partial charge in [0.15, 0.2) is 0 Å². The summed E-state index contributed by atoms with van der Waals surface area (Å²) >= 11 is 0. The van der Waals surface area contributed by atoms with Gasteiger partial charge in [0.2, 0.25) is 0 Å². The van der Waals surface area contributed by atoms with E-state index < -0.39 is 0 Å². The first-order valence-electron chi connectivity index (χ1n) is 4.72. The molecule has 3 rings (SSSR count). The van der Waals surface area contributed by atoms with Gasteiger partial charge in [-0.05, 0) is 36.5 Å². The Morgan fingerprint density at radius 1 is 1.45 bits per heavy atom. The fourth-order valence-electron chi connectivity index (χ4n) is 3.27. The first-order chi connectivity index (χ1) is 5.03. The van der Waals surface area contributed by atoms with Gasteiger partial charge in [0.25, 0.3) is 0 Å². The average Bonchev–Trinajstić information content (AvgIpc) is 1.84. The van der Waals surface area contributed by atoms with Crippen LogP contribution in [-0.4, -0.2) is 0 Å². The predicted molar refractivity (Wildman–Crippen MR) is 48.3 cm³/mol. The van der Waals surface area contributed by atoms with E-state index in [2.05, 4.69) is 33.8 Å². The highest BCUT2D eigenvalue weighted by atomic mass is 14.6. The maximum absolute atomic E-state index is 2.48. The van der Waals surface area contributed by atoms with Gasteiger partial charge in [0.1, 0.15) is 0 Å². The summed E-state index contributed by atoms with van der Waals surface area (Å²) in [5.41, 5.74) is 2.25. The highest BCUT2D eigenvalue weighted by Crippen LogP contribution is 2.60. The zero-order valence-corrected chi connectivity index (χ0v) is 8.02. The normalized spacial score (nSPS) is 46.2. The van der Waals surface area contributed by atoms with Gasteiger partial charge in [-0.15, -0.1) is 0 Å². The molecule has 0 aromatic heterocycles. The van der Waals surface area contributed by atoms with Gasteiger partial charge < -0.3 is 0 Å². The second-order valence-electron chi connectivity index (χ2n) is 4.99. The standard InChI is InChI=1S/C11H18/c1-7-5-8(2)10-6-9(7)11(10,3)4/h5,7,9-10H,6H2,1-4H3/t7-,9?,10?/m1/s1. The third-order valence-corrected chi connectivity index (χ3v) is 4.05. The molecule has 2 bridgehead atoms. The second-order valence-corrected chi connectivity index (χ2v) is 4.99. The van der Waals surface area contributed by atoms with Crippen LogP contribution in [0.3, 0.4) is 0 Å². The monoisotopic (exact) mass is 150 g/mol. The van der Waals surface area contributed by atoms with Gasteiger partial charge in [0, 0.05) is 0 Å². The molecule has 1 saturated carbocycles. The van der Waals surface area contributed by atoms with Crippen molar-refractivity contribution in [1.82, 2.24) is 0 Å². The number of hydrogen-bond acceptors (Lipinski definition) is 0. The minimum Gasteiger partial charge on any atom is -0.0822 e. The van der Waals surface area contributed by atoms with E-state index >= 15 is 0 Å². The third-order valence-electron chi connectivity index (χ3n) is 4.05. The molecule has 0 N–H and O–H groups in total. The van der Waals surface area contributed by atoms with E-state index in [4.69, 9.17) is 0 Å². The van der Waals surface area contributed by atoms with E-state index in [1.165, 1.54) is 6.42 Å². The summed E-state index contributed by atoms with van der Waals surface area (Å²) in [6.45, 7) is 9.53. The molecule has 11 heavy (non-hydrogen) atoms. The van der Waals surface area contributed by atoms with E-state index in [1.54, 1.807) is 5.57 Å². The van der Waals surface area contributed by atoms with Crippen molar-refractivity contribution in [3.63, 3.8) is 0 Å². The van der Waals surface area contributed by atoms with Crippen LogP contribution < -0.4 is 0 Å². The van der Waals surface area contributed by atoms with Crippen molar-refractivity contribution in [2.24, 2.45) is 23.2 Å². The summed E-state index contributed by atoms with van der Waals surface area (Å²) in [6.07, 6.45) is 3.93. The molecular weight excluding hydrogens is 132 g/mol. The van der Waals surface area contributed by atoms with Gasteiger partial charge in [-0.25, -0.2) is 0 Å². The van der Waals surface area contributed by atoms with Crippen LogP contribution in [0.5, 0.6) is 0 Å². The molecule has 0 nitrogen and oxygen atoms in total. The molecule has 3 aliphatic carbocycles. The maximum Gasteiger partial charge on any atom is -0.0149 e. The molecule has 0 spiro atoms. The number of hydrogen-bond donors (Lipinski definition) is 0. The largest absolute Gasteiger partial charge is 0.0822 e. The van der Waals surface area contributed by atoms with Crippen molar-refractivity contribution in [2.75, 3.05) is 0 Å². The fraction of sp³-hybridized carbons (Fsp3) is 0.818. The van der Waals surface area contributed by atoms with Crippen LogP contribution in [0.2, 0.25) is 0 Å². The minimum absolute atomic E-state index is 0.609. The van der Waals surface area contributed by atoms with Crippen molar-refractivity contribution >= 4 is 0 Å². The van der Waals surface area contributed by atoms with Crippen LogP contribution in [0.4, 0.5) is 0 Å². The molecule has 0 aliphatic heterocycles. The Morgan fingerprint density at radius 2 is 2.09 bits per heavy atom. The number of allylic oxidation sites excluding steroid dienone is 2. The molecule has 0 saturated heterocycles. The highest BCUT2D eigenvalue weighted by molar-refractivity contribution is 5.23. The van der Waals surface area contributed by atoms with Gasteiger partial charge in [-0.1, -0.05) is 32.4 Å². The second kappa shape index (κ2) is 1.91. The smallest absolute Gasteiger partial charge is 0.0149 e. The van der Waals surface area contributed by atoms with E-state index in [0.29, 0.717) is 5.41 Å². The van der Waals surface area contributed by atoms with Crippen LogP contribution in [0.1, 0.15) is 34.1 Å².